The van der Waals surface area contributed by atoms with Crippen molar-refractivity contribution in [3.05, 3.63) is 22.4 Å². The standard InChI is InChI=1S/C14H22N2O3S/c1-5-16(9-14(3,4)19)13(18)10(2)15-12(17)11-7-6-8-20-11/h6-8,10,19H,5,9H2,1-4H3,(H,15,17). The van der Waals surface area contributed by atoms with Gasteiger partial charge in [-0.3, -0.25) is 9.59 Å². The topological polar surface area (TPSA) is 69.6 Å². The molecule has 0 saturated heterocycles. The van der Waals surface area contributed by atoms with Crippen LogP contribution in [0, 0.1) is 0 Å². The van der Waals surface area contributed by atoms with Gasteiger partial charge in [0.2, 0.25) is 5.91 Å². The molecule has 2 amide bonds. The van der Waals surface area contributed by atoms with E-state index in [1.54, 1.807) is 37.8 Å². The molecule has 112 valence electrons. The molecule has 1 atom stereocenters. The van der Waals surface area contributed by atoms with Crippen molar-refractivity contribution < 1.29 is 14.7 Å². The van der Waals surface area contributed by atoms with Gasteiger partial charge < -0.3 is 15.3 Å². The molecule has 1 unspecified atom stereocenters. The van der Waals surface area contributed by atoms with Gasteiger partial charge in [-0.1, -0.05) is 6.07 Å². The Morgan fingerprint density at radius 2 is 2.15 bits per heavy atom. The summed E-state index contributed by atoms with van der Waals surface area (Å²) in [4.78, 5) is 26.3. The highest BCUT2D eigenvalue weighted by Crippen LogP contribution is 2.10. The number of carbonyl (C=O) groups excluding carboxylic acids is 2. The van der Waals surface area contributed by atoms with Gasteiger partial charge >= 0.3 is 0 Å². The van der Waals surface area contributed by atoms with Gasteiger partial charge in [-0.05, 0) is 39.1 Å². The Bertz CT molecular complexity index is 451. The maximum Gasteiger partial charge on any atom is 0.261 e. The maximum atomic E-state index is 12.3. The SMILES string of the molecule is CCN(CC(C)(C)O)C(=O)C(C)NC(=O)c1cccs1. The van der Waals surface area contributed by atoms with Crippen LogP contribution in [0.2, 0.25) is 0 Å². The van der Waals surface area contributed by atoms with Crippen molar-refractivity contribution in [2.45, 2.75) is 39.3 Å². The molecule has 0 saturated carbocycles. The maximum absolute atomic E-state index is 12.3. The molecule has 1 aromatic rings. The molecule has 0 aromatic carbocycles. The summed E-state index contributed by atoms with van der Waals surface area (Å²) in [5.74, 6) is -0.445. The molecule has 0 fully saturated rings. The van der Waals surface area contributed by atoms with Gasteiger partial charge in [-0.25, -0.2) is 0 Å². The van der Waals surface area contributed by atoms with E-state index in [4.69, 9.17) is 0 Å². The molecule has 1 aromatic heterocycles. The van der Waals surface area contributed by atoms with E-state index in [0.29, 0.717) is 11.4 Å². The summed E-state index contributed by atoms with van der Waals surface area (Å²) in [5.41, 5.74) is -0.955. The Hall–Kier alpha value is -1.40. The minimum absolute atomic E-state index is 0.195. The first-order chi connectivity index (χ1) is 9.24. The molecule has 1 heterocycles. The zero-order valence-electron chi connectivity index (χ0n) is 12.3. The number of thiophene rings is 1. The summed E-state index contributed by atoms with van der Waals surface area (Å²) < 4.78 is 0. The molecule has 2 N–H and O–H groups in total. The van der Waals surface area contributed by atoms with Crippen molar-refractivity contribution in [3.8, 4) is 0 Å². The van der Waals surface area contributed by atoms with Crippen LogP contribution in [0.1, 0.15) is 37.4 Å². The lowest BCUT2D eigenvalue weighted by Crippen LogP contribution is -2.50. The molecule has 0 bridgehead atoms. The van der Waals surface area contributed by atoms with E-state index in [0.717, 1.165) is 0 Å². The lowest BCUT2D eigenvalue weighted by atomic mass is 10.1. The first kappa shape index (κ1) is 16.7. The van der Waals surface area contributed by atoms with Gasteiger partial charge in [0.05, 0.1) is 10.5 Å². The van der Waals surface area contributed by atoms with Crippen molar-refractivity contribution in [1.82, 2.24) is 10.2 Å². The lowest BCUT2D eigenvalue weighted by Gasteiger charge is -2.30. The second-order valence-electron chi connectivity index (χ2n) is 5.34. The van der Waals surface area contributed by atoms with E-state index >= 15 is 0 Å². The van der Waals surface area contributed by atoms with Gasteiger partial charge in [0.25, 0.3) is 5.91 Å². The Morgan fingerprint density at radius 1 is 1.50 bits per heavy atom. The number of hydrogen-bond acceptors (Lipinski definition) is 4. The fourth-order valence-electron chi connectivity index (χ4n) is 1.82. The van der Waals surface area contributed by atoms with Crippen LogP contribution in [0.5, 0.6) is 0 Å². The number of carbonyl (C=O) groups is 2. The van der Waals surface area contributed by atoms with Gasteiger partial charge in [-0.15, -0.1) is 11.3 Å². The second-order valence-corrected chi connectivity index (χ2v) is 6.28. The number of likely N-dealkylation sites (N-methyl/N-ethyl adjacent to an activating group) is 1. The fraction of sp³-hybridized carbons (Fsp3) is 0.571. The highest BCUT2D eigenvalue weighted by molar-refractivity contribution is 7.12. The molecule has 0 aliphatic heterocycles. The summed E-state index contributed by atoms with van der Waals surface area (Å²) in [6.07, 6.45) is 0. The molecule has 5 nitrogen and oxygen atoms in total. The van der Waals surface area contributed by atoms with E-state index in [-0.39, 0.29) is 18.4 Å². The molecule has 0 radical (unpaired) electrons. The number of amides is 2. The second kappa shape index (κ2) is 6.85. The van der Waals surface area contributed by atoms with Crippen molar-refractivity contribution >= 4 is 23.2 Å². The number of hydrogen-bond donors (Lipinski definition) is 2. The van der Waals surface area contributed by atoms with E-state index in [1.165, 1.54) is 11.3 Å². The smallest absolute Gasteiger partial charge is 0.261 e. The number of aliphatic hydroxyl groups is 1. The Kier molecular flexibility index (Phi) is 5.71. The minimum Gasteiger partial charge on any atom is -0.389 e. The molecule has 0 spiro atoms. The highest BCUT2D eigenvalue weighted by atomic mass is 32.1. The first-order valence-corrected chi connectivity index (χ1v) is 7.48. The summed E-state index contributed by atoms with van der Waals surface area (Å²) in [7, 11) is 0. The molecular formula is C14H22N2O3S. The zero-order valence-corrected chi connectivity index (χ0v) is 13.2. The van der Waals surface area contributed by atoms with Crippen LogP contribution in [0.4, 0.5) is 0 Å². The lowest BCUT2D eigenvalue weighted by molar-refractivity contribution is -0.135. The monoisotopic (exact) mass is 298 g/mol. The summed E-state index contributed by atoms with van der Waals surface area (Å²) in [6.45, 7) is 7.53. The first-order valence-electron chi connectivity index (χ1n) is 6.60. The zero-order chi connectivity index (χ0) is 15.3. The van der Waals surface area contributed by atoms with Crippen LogP contribution in [0.25, 0.3) is 0 Å². The van der Waals surface area contributed by atoms with E-state index < -0.39 is 11.6 Å². The van der Waals surface area contributed by atoms with Crippen molar-refractivity contribution in [2.75, 3.05) is 13.1 Å². The Labute approximate surface area is 123 Å². The number of rotatable bonds is 6. The van der Waals surface area contributed by atoms with Crippen LogP contribution in [0.3, 0.4) is 0 Å². The third kappa shape index (κ3) is 4.94. The van der Waals surface area contributed by atoms with Crippen molar-refractivity contribution in [3.63, 3.8) is 0 Å². The minimum atomic E-state index is -0.955. The van der Waals surface area contributed by atoms with E-state index in [2.05, 4.69) is 5.32 Å². The molecule has 0 aliphatic carbocycles. The Morgan fingerprint density at radius 3 is 2.60 bits per heavy atom. The molecular weight excluding hydrogens is 276 g/mol. The quantitative estimate of drug-likeness (QED) is 0.836. The van der Waals surface area contributed by atoms with Gasteiger partial charge in [0, 0.05) is 13.1 Å². The molecule has 0 aliphatic rings. The van der Waals surface area contributed by atoms with Gasteiger partial charge in [0.15, 0.2) is 0 Å². The normalized spacial score (nSPS) is 12.8. The molecule has 20 heavy (non-hydrogen) atoms. The average molecular weight is 298 g/mol. The Balaban J connectivity index is 2.63. The van der Waals surface area contributed by atoms with Crippen LogP contribution in [-0.2, 0) is 4.79 Å². The van der Waals surface area contributed by atoms with Crippen molar-refractivity contribution in [2.24, 2.45) is 0 Å². The fourth-order valence-corrected chi connectivity index (χ4v) is 2.45. The average Bonchev–Trinajstić information content (AvgIpc) is 2.87. The van der Waals surface area contributed by atoms with Crippen LogP contribution >= 0.6 is 11.3 Å². The molecule has 1 rings (SSSR count). The molecule has 6 heteroatoms. The predicted molar refractivity (Wildman–Crippen MR) is 79.8 cm³/mol. The summed E-state index contributed by atoms with van der Waals surface area (Å²) >= 11 is 1.33. The largest absolute Gasteiger partial charge is 0.389 e. The predicted octanol–water partition coefficient (Wildman–Crippen LogP) is 1.49. The van der Waals surface area contributed by atoms with E-state index in [9.17, 15) is 14.7 Å². The van der Waals surface area contributed by atoms with Crippen molar-refractivity contribution in [1.29, 1.82) is 0 Å². The summed E-state index contributed by atoms with van der Waals surface area (Å²) in [5, 5.41) is 14.3. The van der Waals surface area contributed by atoms with Crippen LogP contribution in [-0.4, -0.2) is 46.6 Å². The van der Waals surface area contributed by atoms with Crippen LogP contribution in [0.15, 0.2) is 17.5 Å². The van der Waals surface area contributed by atoms with E-state index in [1.807, 2.05) is 12.3 Å². The van der Waals surface area contributed by atoms with Crippen LogP contribution < -0.4 is 5.32 Å². The number of nitrogens with zero attached hydrogens (tertiary/aromatic N) is 1. The van der Waals surface area contributed by atoms with Gasteiger partial charge in [0.1, 0.15) is 6.04 Å². The van der Waals surface area contributed by atoms with Gasteiger partial charge in [-0.2, -0.15) is 0 Å². The summed E-state index contributed by atoms with van der Waals surface area (Å²) in [6, 6.07) is 2.89. The third-order valence-electron chi connectivity index (χ3n) is 2.73. The highest BCUT2D eigenvalue weighted by Gasteiger charge is 2.26. The third-order valence-corrected chi connectivity index (χ3v) is 3.60. The number of nitrogens with one attached hydrogen (secondary N) is 1.